The lowest BCUT2D eigenvalue weighted by molar-refractivity contribution is -0.140. The molecule has 0 aliphatic rings. The van der Waals surface area contributed by atoms with Gasteiger partial charge in [0.05, 0.1) is 10.6 Å². The van der Waals surface area contributed by atoms with E-state index < -0.39 is 34.1 Å². The van der Waals surface area contributed by atoms with Crippen LogP contribution in [0.25, 0.3) is 0 Å². The maximum Gasteiger partial charge on any atom is 0.264 e. The fraction of sp³-hybridized carbons (Fsp3) is 0.333. The molecule has 0 aliphatic heterocycles. The zero-order valence-electron chi connectivity index (χ0n) is 23.2. The second kappa shape index (κ2) is 12.3. The van der Waals surface area contributed by atoms with E-state index in [0.717, 1.165) is 19.9 Å². The number of para-hydroxylation sites is 1. The number of benzene rings is 3. The van der Waals surface area contributed by atoms with Gasteiger partial charge in [0.1, 0.15) is 12.6 Å². The van der Waals surface area contributed by atoms with Gasteiger partial charge in [-0.1, -0.05) is 64.0 Å². The van der Waals surface area contributed by atoms with Crippen molar-refractivity contribution in [3.05, 3.63) is 94.0 Å². The molecule has 0 unspecified atom stereocenters. The third-order valence-electron chi connectivity index (χ3n) is 6.20. The van der Waals surface area contributed by atoms with Crippen LogP contribution in [-0.2, 0) is 26.2 Å². The second-order valence-corrected chi connectivity index (χ2v) is 13.5. The van der Waals surface area contributed by atoms with Gasteiger partial charge in [0.25, 0.3) is 10.0 Å². The highest BCUT2D eigenvalue weighted by molar-refractivity contribution is 9.10. The fourth-order valence-electron chi connectivity index (χ4n) is 4.04. The quantitative estimate of drug-likeness (QED) is 0.341. The van der Waals surface area contributed by atoms with Crippen LogP contribution in [0, 0.1) is 13.8 Å². The Kier molecular flexibility index (Phi) is 9.61. The van der Waals surface area contributed by atoms with Gasteiger partial charge in [-0.15, -0.1) is 0 Å². The van der Waals surface area contributed by atoms with Crippen molar-refractivity contribution in [3.8, 4) is 0 Å². The van der Waals surface area contributed by atoms with Gasteiger partial charge in [0.15, 0.2) is 0 Å². The van der Waals surface area contributed by atoms with E-state index in [1.165, 1.54) is 4.90 Å². The molecule has 3 rings (SSSR count). The number of amides is 2. The summed E-state index contributed by atoms with van der Waals surface area (Å²) in [6.45, 7) is 10.6. The minimum absolute atomic E-state index is 0.0853. The largest absolute Gasteiger partial charge is 0.350 e. The number of anilines is 1. The molecule has 0 spiro atoms. The number of hydrogen-bond acceptors (Lipinski definition) is 4. The number of nitrogens with one attached hydrogen (secondary N) is 1. The lowest BCUT2D eigenvalue weighted by atomic mass is 10.1. The SMILES string of the molecule is Cc1ccc(S(=O)(=O)N(CC(=O)N(Cc2ccc(Br)cc2)[C@@H](C)C(=O)NC(C)(C)C)c2ccccc2C)cc1. The van der Waals surface area contributed by atoms with Gasteiger partial charge >= 0.3 is 0 Å². The number of halogens is 1. The third-order valence-corrected chi connectivity index (χ3v) is 8.51. The molecule has 0 aliphatic carbocycles. The van der Waals surface area contributed by atoms with E-state index in [9.17, 15) is 18.0 Å². The molecule has 0 heterocycles. The summed E-state index contributed by atoms with van der Waals surface area (Å²) in [6, 6.07) is 20.2. The van der Waals surface area contributed by atoms with Crippen LogP contribution in [0.1, 0.15) is 44.4 Å². The van der Waals surface area contributed by atoms with Crippen molar-refractivity contribution in [1.29, 1.82) is 0 Å². The van der Waals surface area contributed by atoms with Crippen LogP contribution < -0.4 is 9.62 Å². The average molecular weight is 615 g/mol. The number of rotatable bonds is 9. The Morgan fingerprint density at radius 3 is 2.08 bits per heavy atom. The average Bonchev–Trinajstić information content (AvgIpc) is 2.86. The van der Waals surface area contributed by atoms with Crippen LogP contribution in [0.15, 0.2) is 82.2 Å². The van der Waals surface area contributed by atoms with E-state index >= 15 is 0 Å². The topological polar surface area (TPSA) is 86.8 Å². The van der Waals surface area contributed by atoms with Crippen molar-refractivity contribution >= 4 is 43.5 Å². The monoisotopic (exact) mass is 613 g/mol. The summed E-state index contributed by atoms with van der Waals surface area (Å²) in [4.78, 5) is 28.7. The summed E-state index contributed by atoms with van der Waals surface area (Å²) in [5, 5.41) is 2.93. The number of aryl methyl sites for hydroxylation is 2. The molecule has 0 bridgehead atoms. The summed E-state index contributed by atoms with van der Waals surface area (Å²) < 4.78 is 29.8. The van der Waals surface area contributed by atoms with Gasteiger partial charge in [0, 0.05) is 16.6 Å². The van der Waals surface area contributed by atoms with Gasteiger partial charge in [-0.3, -0.25) is 13.9 Å². The molecule has 7 nitrogen and oxygen atoms in total. The molecule has 1 atom stereocenters. The van der Waals surface area contributed by atoms with Gasteiger partial charge in [-0.05, 0) is 83.0 Å². The van der Waals surface area contributed by atoms with E-state index in [-0.39, 0.29) is 17.3 Å². The van der Waals surface area contributed by atoms with Crippen LogP contribution in [-0.4, -0.2) is 43.3 Å². The summed E-state index contributed by atoms with van der Waals surface area (Å²) in [7, 11) is -4.10. The molecule has 0 saturated carbocycles. The van der Waals surface area contributed by atoms with Crippen molar-refractivity contribution in [1.82, 2.24) is 10.2 Å². The van der Waals surface area contributed by atoms with E-state index in [1.54, 1.807) is 56.3 Å². The van der Waals surface area contributed by atoms with Crippen LogP contribution in [0.3, 0.4) is 0 Å². The van der Waals surface area contributed by atoms with Crippen molar-refractivity contribution in [3.63, 3.8) is 0 Å². The normalized spacial score (nSPS) is 12.5. The highest BCUT2D eigenvalue weighted by atomic mass is 79.9. The van der Waals surface area contributed by atoms with Crippen molar-refractivity contribution in [2.24, 2.45) is 0 Å². The Morgan fingerprint density at radius 2 is 1.51 bits per heavy atom. The lowest BCUT2D eigenvalue weighted by Crippen LogP contribution is -2.54. The van der Waals surface area contributed by atoms with E-state index in [1.807, 2.05) is 58.0 Å². The Balaban J connectivity index is 2.04. The maximum absolute atomic E-state index is 14.0. The van der Waals surface area contributed by atoms with Gasteiger partial charge < -0.3 is 10.2 Å². The molecule has 0 radical (unpaired) electrons. The predicted molar refractivity (Wildman–Crippen MR) is 159 cm³/mol. The molecule has 2 amide bonds. The molecular weight excluding hydrogens is 578 g/mol. The Bertz CT molecular complexity index is 1420. The standard InChI is InChI=1S/C30H36BrN3O4S/c1-21-11-17-26(18-12-21)39(37,38)34(27-10-8-7-9-22(27)2)20-28(35)33(19-24-13-15-25(31)16-14-24)23(3)29(36)32-30(4,5)6/h7-18,23H,19-20H2,1-6H3,(H,32,36)/t23-/m0/s1. The van der Waals surface area contributed by atoms with Gasteiger partial charge in [0.2, 0.25) is 11.8 Å². The van der Waals surface area contributed by atoms with Crippen LogP contribution in [0.2, 0.25) is 0 Å². The second-order valence-electron chi connectivity index (χ2n) is 10.7. The van der Waals surface area contributed by atoms with Gasteiger partial charge in [-0.2, -0.15) is 0 Å². The van der Waals surface area contributed by atoms with Crippen LogP contribution in [0.4, 0.5) is 5.69 Å². The first-order valence-corrected chi connectivity index (χ1v) is 14.9. The van der Waals surface area contributed by atoms with Crippen molar-refractivity contribution in [2.75, 3.05) is 10.8 Å². The van der Waals surface area contributed by atoms with Crippen LogP contribution in [0.5, 0.6) is 0 Å². The number of sulfonamides is 1. The Labute approximate surface area is 240 Å². The number of carbonyl (C=O) groups is 2. The van der Waals surface area contributed by atoms with Crippen molar-refractivity contribution in [2.45, 2.75) is 64.6 Å². The molecule has 39 heavy (non-hydrogen) atoms. The smallest absolute Gasteiger partial charge is 0.264 e. The zero-order chi connectivity index (χ0) is 29.0. The zero-order valence-corrected chi connectivity index (χ0v) is 25.6. The maximum atomic E-state index is 14.0. The number of hydrogen-bond donors (Lipinski definition) is 1. The number of nitrogens with zero attached hydrogens (tertiary/aromatic N) is 2. The first-order chi connectivity index (χ1) is 18.2. The highest BCUT2D eigenvalue weighted by Crippen LogP contribution is 2.27. The summed E-state index contributed by atoms with van der Waals surface area (Å²) in [5.74, 6) is -0.815. The molecule has 208 valence electrons. The first-order valence-electron chi connectivity index (χ1n) is 12.7. The fourth-order valence-corrected chi connectivity index (χ4v) is 5.78. The van der Waals surface area contributed by atoms with Gasteiger partial charge in [-0.25, -0.2) is 8.42 Å². The summed E-state index contributed by atoms with van der Waals surface area (Å²) in [5.41, 5.74) is 2.35. The Hall–Kier alpha value is -3.17. The predicted octanol–water partition coefficient (Wildman–Crippen LogP) is 5.59. The minimum Gasteiger partial charge on any atom is -0.350 e. The molecule has 0 fully saturated rings. The highest BCUT2D eigenvalue weighted by Gasteiger charge is 2.33. The third kappa shape index (κ3) is 7.92. The molecular formula is C30H36BrN3O4S. The minimum atomic E-state index is -4.10. The van der Waals surface area contributed by atoms with E-state index in [2.05, 4.69) is 21.2 Å². The first kappa shape index (κ1) is 30.4. The lowest BCUT2D eigenvalue weighted by Gasteiger charge is -2.33. The molecule has 0 aromatic heterocycles. The molecule has 0 saturated heterocycles. The molecule has 9 heteroatoms. The molecule has 3 aromatic carbocycles. The van der Waals surface area contributed by atoms with E-state index in [0.29, 0.717) is 11.3 Å². The van der Waals surface area contributed by atoms with Crippen molar-refractivity contribution < 1.29 is 18.0 Å². The number of carbonyl (C=O) groups excluding carboxylic acids is 2. The van der Waals surface area contributed by atoms with E-state index in [4.69, 9.17) is 0 Å². The van der Waals surface area contributed by atoms with Crippen LogP contribution >= 0.6 is 15.9 Å². The summed E-state index contributed by atoms with van der Waals surface area (Å²) in [6.07, 6.45) is 0. The Morgan fingerprint density at radius 1 is 0.923 bits per heavy atom. The molecule has 1 N–H and O–H groups in total. The molecule has 3 aromatic rings. The summed E-state index contributed by atoms with van der Waals surface area (Å²) >= 11 is 3.42.